The zero-order chi connectivity index (χ0) is 23.5. The lowest BCUT2D eigenvalue weighted by molar-refractivity contribution is -0.143. The van der Waals surface area contributed by atoms with Crippen molar-refractivity contribution in [1.82, 2.24) is 14.8 Å². The maximum atomic E-state index is 13.5. The zero-order valence-corrected chi connectivity index (χ0v) is 20.5. The smallest absolute Gasteiger partial charge is 0.242 e. The van der Waals surface area contributed by atoms with Crippen LogP contribution in [0.15, 0.2) is 48.7 Å². The second-order valence-corrected chi connectivity index (χ2v) is 9.84. The predicted molar refractivity (Wildman–Crippen MR) is 133 cm³/mol. The largest absolute Gasteiger partial charge is 0.361 e. The first-order valence-corrected chi connectivity index (χ1v) is 12.2. The number of carbonyl (C=O) groups is 2. The minimum atomic E-state index is -0.131. The molecule has 0 bridgehead atoms. The molecule has 1 N–H and O–H groups in total. The van der Waals surface area contributed by atoms with Crippen molar-refractivity contribution in [2.45, 2.75) is 45.7 Å². The van der Waals surface area contributed by atoms with Crippen molar-refractivity contribution in [3.63, 3.8) is 0 Å². The van der Waals surface area contributed by atoms with Crippen molar-refractivity contribution in [3.8, 4) is 0 Å². The lowest BCUT2D eigenvalue weighted by atomic mass is 10.1. The number of nitrogens with zero attached hydrogens (tertiary/aromatic N) is 2. The van der Waals surface area contributed by atoms with E-state index in [9.17, 15) is 9.59 Å². The first-order valence-electron chi connectivity index (χ1n) is 11.4. The van der Waals surface area contributed by atoms with Crippen LogP contribution in [0.2, 0.25) is 10.0 Å². The fraction of sp³-hybridized carbons (Fsp3) is 0.385. The van der Waals surface area contributed by atoms with Crippen LogP contribution in [0.4, 0.5) is 0 Å². The molecule has 1 fully saturated rings. The van der Waals surface area contributed by atoms with Crippen LogP contribution in [0.25, 0.3) is 10.9 Å². The maximum absolute atomic E-state index is 13.5. The summed E-state index contributed by atoms with van der Waals surface area (Å²) in [4.78, 5) is 33.1. The van der Waals surface area contributed by atoms with Crippen molar-refractivity contribution in [3.05, 3.63) is 69.8 Å². The molecule has 174 valence electrons. The fourth-order valence-electron chi connectivity index (χ4n) is 4.09. The first-order chi connectivity index (χ1) is 15.8. The summed E-state index contributed by atoms with van der Waals surface area (Å²) in [5.74, 6) is -0.146. The van der Waals surface area contributed by atoms with E-state index in [2.05, 4.69) is 11.1 Å². The van der Waals surface area contributed by atoms with Crippen LogP contribution in [0, 0.1) is 5.92 Å². The molecule has 0 unspecified atom stereocenters. The van der Waals surface area contributed by atoms with Crippen LogP contribution >= 0.6 is 23.2 Å². The van der Waals surface area contributed by atoms with E-state index in [1.54, 1.807) is 17.0 Å². The van der Waals surface area contributed by atoms with Crippen LogP contribution in [0.3, 0.4) is 0 Å². The van der Waals surface area contributed by atoms with Crippen molar-refractivity contribution < 1.29 is 9.59 Å². The standard InChI is InChI=1S/C26H29Cl2N3O2/c1-17(2)26(33)31(20-8-9-20)16-25(32)30(15-18-7-10-22(27)23(28)13-18)12-11-19-14-29-24-6-4-3-5-21(19)24/h3-7,10,13-14,17,20,29H,8-9,11-12,15-16H2,1-2H3. The Kier molecular flexibility index (Phi) is 7.30. The van der Waals surface area contributed by atoms with Crippen LogP contribution in [-0.4, -0.2) is 45.7 Å². The third-order valence-corrected chi connectivity index (χ3v) is 6.85. The summed E-state index contributed by atoms with van der Waals surface area (Å²) in [5, 5.41) is 2.11. The number of aromatic nitrogens is 1. The van der Waals surface area contributed by atoms with Gasteiger partial charge in [-0.2, -0.15) is 0 Å². The number of para-hydroxylation sites is 1. The molecular weight excluding hydrogens is 457 g/mol. The number of amides is 2. The Hall–Kier alpha value is -2.50. The summed E-state index contributed by atoms with van der Waals surface area (Å²) in [7, 11) is 0. The van der Waals surface area contributed by atoms with Gasteiger partial charge in [-0.05, 0) is 48.6 Å². The summed E-state index contributed by atoms with van der Waals surface area (Å²) in [6.07, 6.45) is 4.64. The number of carbonyl (C=O) groups excluding carboxylic acids is 2. The Balaban J connectivity index is 1.53. The van der Waals surface area contributed by atoms with Crippen LogP contribution in [-0.2, 0) is 22.6 Å². The highest BCUT2D eigenvalue weighted by molar-refractivity contribution is 6.42. The van der Waals surface area contributed by atoms with E-state index in [4.69, 9.17) is 23.2 Å². The van der Waals surface area contributed by atoms with E-state index in [0.29, 0.717) is 29.6 Å². The Bertz CT molecular complexity index is 1150. The number of hydrogen-bond donors (Lipinski definition) is 1. The number of aromatic amines is 1. The van der Waals surface area contributed by atoms with Gasteiger partial charge in [0.05, 0.1) is 10.0 Å². The summed E-state index contributed by atoms with van der Waals surface area (Å²) >= 11 is 12.3. The van der Waals surface area contributed by atoms with Crippen LogP contribution in [0.5, 0.6) is 0 Å². The van der Waals surface area contributed by atoms with Gasteiger partial charge in [-0.25, -0.2) is 0 Å². The van der Waals surface area contributed by atoms with E-state index in [-0.39, 0.29) is 30.3 Å². The molecule has 1 heterocycles. The predicted octanol–water partition coefficient (Wildman–Crippen LogP) is 5.69. The van der Waals surface area contributed by atoms with Gasteiger partial charge in [0, 0.05) is 42.1 Å². The van der Waals surface area contributed by atoms with Gasteiger partial charge in [0.25, 0.3) is 0 Å². The van der Waals surface area contributed by atoms with Gasteiger partial charge in [0.15, 0.2) is 0 Å². The highest BCUT2D eigenvalue weighted by Crippen LogP contribution is 2.29. The van der Waals surface area contributed by atoms with E-state index in [1.807, 2.05) is 49.2 Å². The number of halogens is 2. The quantitative estimate of drug-likeness (QED) is 0.422. The molecule has 1 aromatic heterocycles. The van der Waals surface area contributed by atoms with Crippen molar-refractivity contribution >= 4 is 45.9 Å². The van der Waals surface area contributed by atoms with Gasteiger partial charge in [-0.3, -0.25) is 9.59 Å². The Labute approximate surface area is 204 Å². The minimum absolute atomic E-state index is 0.0389. The van der Waals surface area contributed by atoms with E-state index in [0.717, 1.165) is 34.9 Å². The molecule has 2 amide bonds. The molecule has 33 heavy (non-hydrogen) atoms. The van der Waals surface area contributed by atoms with E-state index >= 15 is 0 Å². The second kappa shape index (κ2) is 10.2. The van der Waals surface area contributed by atoms with Gasteiger partial charge in [-0.1, -0.05) is 61.3 Å². The third-order valence-electron chi connectivity index (χ3n) is 6.11. The number of H-pyrrole nitrogens is 1. The number of hydrogen-bond acceptors (Lipinski definition) is 2. The molecule has 0 atom stereocenters. The van der Waals surface area contributed by atoms with Gasteiger partial charge in [-0.15, -0.1) is 0 Å². The van der Waals surface area contributed by atoms with E-state index in [1.165, 1.54) is 0 Å². The number of fused-ring (bicyclic) bond motifs is 1. The van der Waals surface area contributed by atoms with Crippen molar-refractivity contribution in [2.75, 3.05) is 13.1 Å². The molecular formula is C26H29Cl2N3O2. The lowest BCUT2D eigenvalue weighted by Gasteiger charge is -2.29. The molecule has 0 saturated heterocycles. The fourth-order valence-corrected chi connectivity index (χ4v) is 4.42. The van der Waals surface area contributed by atoms with Crippen molar-refractivity contribution in [1.29, 1.82) is 0 Å². The SMILES string of the molecule is CC(C)C(=O)N(CC(=O)N(CCc1c[nH]c2ccccc12)Cc1ccc(Cl)c(Cl)c1)C1CC1. The number of rotatable bonds is 9. The van der Waals surface area contributed by atoms with Gasteiger partial charge < -0.3 is 14.8 Å². The molecule has 0 aliphatic heterocycles. The monoisotopic (exact) mass is 485 g/mol. The molecule has 1 aliphatic rings. The first kappa shape index (κ1) is 23.7. The molecule has 1 saturated carbocycles. The Morgan fingerprint density at radius 2 is 1.85 bits per heavy atom. The zero-order valence-electron chi connectivity index (χ0n) is 19.0. The maximum Gasteiger partial charge on any atom is 0.242 e. The topological polar surface area (TPSA) is 56.4 Å². The summed E-state index contributed by atoms with van der Waals surface area (Å²) < 4.78 is 0. The molecule has 7 heteroatoms. The highest BCUT2D eigenvalue weighted by atomic mass is 35.5. The number of benzene rings is 2. The van der Waals surface area contributed by atoms with Crippen LogP contribution < -0.4 is 0 Å². The summed E-state index contributed by atoms with van der Waals surface area (Å²) in [6.45, 7) is 4.82. The normalized spacial score (nSPS) is 13.5. The highest BCUT2D eigenvalue weighted by Gasteiger charge is 2.35. The van der Waals surface area contributed by atoms with Gasteiger partial charge in [0.1, 0.15) is 6.54 Å². The van der Waals surface area contributed by atoms with Gasteiger partial charge >= 0.3 is 0 Å². The number of nitrogens with one attached hydrogen (secondary N) is 1. The molecule has 3 aromatic rings. The average Bonchev–Trinajstić information content (AvgIpc) is 3.56. The molecule has 0 spiro atoms. The second-order valence-electron chi connectivity index (χ2n) is 9.03. The Morgan fingerprint density at radius 1 is 1.09 bits per heavy atom. The van der Waals surface area contributed by atoms with Crippen molar-refractivity contribution in [2.24, 2.45) is 5.92 Å². The average molecular weight is 486 g/mol. The molecule has 0 radical (unpaired) electrons. The molecule has 1 aliphatic carbocycles. The van der Waals surface area contributed by atoms with Gasteiger partial charge in [0.2, 0.25) is 11.8 Å². The van der Waals surface area contributed by atoms with E-state index < -0.39 is 0 Å². The van der Waals surface area contributed by atoms with Crippen LogP contribution in [0.1, 0.15) is 37.8 Å². The minimum Gasteiger partial charge on any atom is -0.361 e. The summed E-state index contributed by atoms with van der Waals surface area (Å²) in [6, 6.07) is 13.8. The molecule has 5 nitrogen and oxygen atoms in total. The summed E-state index contributed by atoms with van der Waals surface area (Å²) in [5.41, 5.74) is 3.15. The third kappa shape index (κ3) is 5.71. The molecule has 4 rings (SSSR count). The Morgan fingerprint density at radius 3 is 2.55 bits per heavy atom. The molecule has 2 aromatic carbocycles. The lowest BCUT2D eigenvalue weighted by Crippen LogP contribution is -2.45.